The number of hydrogen-bond donors (Lipinski definition) is 1. The molecule has 4 heteroatoms. The summed E-state index contributed by atoms with van der Waals surface area (Å²) < 4.78 is 1.27. The lowest BCUT2D eigenvalue weighted by Crippen LogP contribution is -2.50. The Morgan fingerprint density at radius 1 is 1.31 bits per heavy atom. The van der Waals surface area contributed by atoms with Crippen LogP contribution in [0, 0.1) is 13.8 Å². The number of aliphatic hydroxyl groups excluding tert-OH is 1. The molecule has 16 heavy (non-hydrogen) atoms. The van der Waals surface area contributed by atoms with Gasteiger partial charge in [-0.15, -0.1) is 0 Å². The molecule has 0 atom stereocenters. The summed E-state index contributed by atoms with van der Waals surface area (Å²) >= 11 is 1.73. The van der Waals surface area contributed by atoms with E-state index < -0.39 is 0 Å². The minimum Gasteiger partial charge on any atom is -0.389 e. The summed E-state index contributed by atoms with van der Waals surface area (Å²) in [6, 6.07) is 4.26. The molecule has 1 fully saturated rings. The molecule has 1 saturated heterocycles. The average Bonchev–Trinajstić information content (AvgIpc) is 2.64. The Bertz CT molecular complexity index is 504. The van der Waals surface area contributed by atoms with E-state index in [4.69, 9.17) is 0 Å². The number of anilines is 1. The van der Waals surface area contributed by atoms with Crippen molar-refractivity contribution in [3.63, 3.8) is 0 Å². The second-order valence-electron chi connectivity index (χ2n) is 4.43. The molecule has 1 aliphatic rings. The Morgan fingerprint density at radius 2 is 2.00 bits per heavy atom. The van der Waals surface area contributed by atoms with Crippen LogP contribution in [0.2, 0.25) is 0 Å². The lowest BCUT2D eigenvalue weighted by molar-refractivity contribution is 0.142. The van der Waals surface area contributed by atoms with Gasteiger partial charge < -0.3 is 10.0 Å². The average molecular weight is 234 g/mol. The molecule has 1 aromatic carbocycles. The number of thiazole rings is 1. The molecule has 2 heterocycles. The molecule has 84 valence electrons. The predicted molar refractivity (Wildman–Crippen MR) is 67.3 cm³/mol. The van der Waals surface area contributed by atoms with Crippen LogP contribution in [0.5, 0.6) is 0 Å². The molecule has 0 unspecified atom stereocenters. The van der Waals surface area contributed by atoms with Crippen molar-refractivity contribution < 1.29 is 5.11 Å². The van der Waals surface area contributed by atoms with E-state index in [-0.39, 0.29) is 6.10 Å². The van der Waals surface area contributed by atoms with Gasteiger partial charge >= 0.3 is 0 Å². The van der Waals surface area contributed by atoms with Crippen molar-refractivity contribution in [3.05, 3.63) is 23.3 Å². The highest BCUT2D eigenvalue weighted by atomic mass is 32.1. The monoisotopic (exact) mass is 234 g/mol. The van der Waals surface area contributed by atoms with Crippen LogP contribution in [0.25, 0.3) is 10.2 Å². The molecule has 0 aliphatic carbocycles. The fourth-order valence-corrected chi connectivity index (χ4v) is 3.12. The molecular formula is C12H14N2OS. The number of β-amino-alcohol motifs (C(OH)–C–C–N with tert-alkyl or cyclic N) is 1. The SMILES string of the molecule is Cc1ccc(C)c2sc(N3CC(O)C3)nc12. The summed E-state index contributed by atoms with van der Waals surface area (Å²) in [5.41, 5.74) is 3.62. The lowest BCUT2D eigenvalue weighted by atomic mass is 10.1. The van der Waals surface area contributed by atoms with Gasteiger partial charge in [0.15, 0.2) is 5.13 Å². The zero-order valence-corrected chi connectivity index (χ0v) is 10.2. The van der Waals surface area contributed by atoms with Gasteiger partial charge in [-0.05, 0) is 25.0 Å². The van der Waals surface area contributed by atoms with Gasteiger partial charge in [-0.1, -0.05) is 23.5 Å². The second kappa shape index (κ2) is 3.43. The Morgan fingerprint density at radius 3 is 2.62 bits per heavy atom. The van der Waals surface area contributed by atoms with Crippen molar-refractivity contribution in [1.82, 2.24) is 4.98 Å². The summed E-state index contributed by atoms with van der Waals surface area (Å²) in [5.74, 6) is 0. The van der Waals surface area contributed by atoms with Crippen molar-refractivity contribution in [3.8, 4) is 0 Å². The number of aliphatic hydroxyl groups is 1. The van der Waals surface area contributed by atoms with Crippen LogP contribution in [0.3, 0.4) is 0 Å². The highest BCUT2D eigenvalue weighted by Gasteiger charge is 2.27. The third kappa shape index (κ3) is 1.41. The van der Waals surface area contributed by atoms with Crippen LogP contribution in [0.15, 0.2) is 12.1 Å². The number of aryl methyl sites for hydroxylation is 2. The maximum atomic E-state index is 9.30. The fraction of sp³-hybridized carbons (Fsp3) is 0.417. The molecule has 2 aromatic rings. The second-order valence-corrected chi connectivity index (χ2v) is 5.41. The third-order valence-electron chi connectivity index (χ3n) is 3.06. The van der Waals surface area contributed by atoms with Crippen LogP contribution >= 0.6 is 11.3 Å². The van der Waals surface area contributed by atoms with Gasteiger partial charge in [0.05, 0.1) is 16.3 Å². The molecule has 0 spiro atoms. The predicted octanol–water partition coefficient (Wildman–Crippen LogP) is 2.09. The van der Waals surface area contributed by atoms with Crippen molar-refractivity contribution >= 4 is 26.7 Å². The molecule has 0 radical (unpaired) electrons. The highest BCUT2D eigenvalue weighted by Crippen LogP contribution is 2.34. The van der Waals surface area contributed by atoms with Crippen LogP contribution in [-0.2, 0) is 0 Å². The number of aromatic nitrogens is 1. The van der Waals surface area contributed by atoms with Crippen LogP contribution in [0.1, 0.15) is 11.1 Å². The van der Waals surface area contributed by atoms with E-state index in [2.05, 4.69) is 35.9 Å². The van der Waals surface area contributed by atoms with Gasteiger partial charge in [-0.3, -0.25) is 0 Å². The number of rotatable bonds is 1. The van der Waals surface area contributed by atoms with Gasteiger partial charge in [-0.2, -0.15) is 0 Å². The molecule has 0 saturated carbocycles. The van der Waals surface area contributed by atoms with Crippen molar-refractivity contribution in [2.75, 3.05) is 18.0 Å². The van der Waals surface area contributed by atoms with E-state index in [1.807, 2.05) is 0 Å². The zero-order chi connectivity index (χ0) is 11.3. The van der Waals surface area contributed by atoms with Crippen molar-refractivity contribution in [2.45, 2.75) is 20.0 Å². The fourth-order valence-electron chi connectivity index (χ4n) is 1.99. The molecular weight excluding hydrogens is 220 g/mol. The van der Waals surface area contributed by atoms with Crippen LogP contribution in [0.4, 0.5) is 5.13 Å². The van der Waals surface area contributed by atoms with Crippen LogP contribution < -0.4 is 4.90 Å². The topological polar surface area (TPSA) is 36.4 Å². The first-order valence-corrected chi connectivity index (χ1v) is 6.26. The van der Waals surface area contributed by atoms with E-state index in [1.54, 1.807) is 11.3 Å². The lowest BCUT2D eigenvalue weighted by Gasteiger charge is -2.35. The molecule has 3 rings (SSSR count). The first kappa shape index (κ1) is 10.1. The Hall–Kier alpha value is -1.13. The molecule has 0 amide bonds. The Kier molecular flexibility index (Phi) is 2.16. The van der Waals surface area contributed by atoms with Gasteiger partial charge in [-0.25, -0.2) is 4.98 Å². The molecule has 3 nitrogen and oxygen atoms in total. The smallest absolute Gasteiger partial charge is 0.186 e. The standard InChI is InChI=1S/C12H14N2OS/c1-7-3-4-8(2)11-10(7)13-12(16-11)14-5-9(15)6-14/h3-4,9,15H,5-6H2,1-2H3. The van der Waals surface area contributed by atoms with Gasteiger partial charge in [0, 0.05) is 13.1 Å². The van der Waals surface area contributed by atoms with Crippen LogP contribution in [-0.4, -0.2) is 29.3 Å². The van der Waals surface area contributed by atoms with Crippen molar-refractivity contribution in [2.24, 2.45) is 0 Å². The van der Waals surface area contributed by atoms with Crippen molar-refractivity contribution in [1.29, 1.82) is 0 Å². The molecule has 0 bridgehead atoms. The largest absolute Gasteiger partial charge is 0.389 e. The number of hydrogen-bond acceptors (Lipinski definition) is 4. The summed E-state index contributed by atoms with van der Waals surface area (Å²) in [4.78, 5) is 6.80. The summed E-state index contributed by atoms with van der Waals surface area (Å²) in [6.07, 6.45) is -0.172. The molecule has 1 aliphatic heterocycles. The summed E-state index contributed by atoms with van der Waals surface area (Å²) in [7, 11) is 0. The minimum atomic E-state index is -0.172. The van der Waals surface area contributed by atoms with Gasteiger partial charge in [0.1, 0.15) is 0 Å². The van der Waals surface area contributed by atoms with E-state index >= 15 is 0 Å². The third-order valence-corrected chi connectivity index (χ3v) is 4.32. The Balaban J connectivity index is 2.09. The first-order chi connectivity index (χ1) is 7.65. The minimum absolute atomic E-state index is 0.172. The van der Waals surface area contributed by atoms with Gasteiger partial charge in [0.2, 0.25) is 0 Å². The number of nitrogens with zero attached hydrogens (tertiary/aromatic N) is 2. The normalized spacial score (nSPS) is 16.8. The van der Waals surface area contributed by atoms with Gasteiger partial charge in [0.25, 0.3) is 0 Å². The Labute approximate surface area is 98.3 Å². The quantitative estimate of drug-likeness (QED) is 0.821. The summed E-state index contributed by atoms with van der Waals surface area (Å²) in [5, 5.41) is 10.3. The first-order valence-electron chi connectivity index (χ1n) is 5.45. The number of benzene rings is 1. The summed E-state index contributed by atoms with van der Waals surface area (Å²) in [6.45, 7) is 5.65. The van der Waals surface area contributed by atoms with E-state index in [0.29, 0.717) is 0 Å². The van der Waals surface area contributed by atoms with E-state index in [0.717, 1.165) is 23.7 Å². The maximum Gasteiger partial charge on any atom is 0.186 e. The molecule has 1 N–H and O–H groups in total. The van der Waals surface area contributed by atoms with E-state index in [9.17, 15) is 5.11 Å². The maximum absolute atomic E-state index is 9.30. The highest BCUT2D eigenvalue weighted by molar-refractivity contribution is 7.22. The zero-order valence-electron chi connectivity index (χ0n) is 9.40. The number of fused-ring (bicyclic) bond motifs is 1. The molecule has 1 aromatic heterocycles. The van der Waals surface area contributed by atoms with E-state index in [1.165, 1.54) is 15.8 Å².